The van der Waals surface area contributed by atoms with Gasteiger partial charge < -0.3 is 38.6 Å². The first-order valence-corrected chi connectivity index (χ1v) is 16.2. The molecule has 1 aliphatic rings. The molecule has 3 aromatic carbocycles. The second kappa shape index (κ2) is 18.3. The summed E-state index contributed by atoms with van der Waals surface area (Å²) >= 11 is 0. The average Bonchev–Trinajstić information content (AvgIpc) is 3.08. The van der Waals surface area contributed by atoms with Crippen molar-refractivity contribution in [3.63, 3.8) is 0 Å². The summed E-state index contributed by atoms with van der Waals surface area (Å²) in [6.45, 7) is 6.92. The van der Waals surface area contributed by atoms with Gasteiger partial charge in [0.15, 0.2) is 0 Å². The number of anilines is 1. The van der Waals surface area contributed by atoms with Crippen molar-refractivity contribution in [3.05, 3.63) is 89.5 Å². The molecule has 10 heteroatoms. The summed E-state index contributed by atoms with van der Waals surface area (Å²) in [4.78, 5) is 27.9. The van der Waals surface area contributed by atoms with Crippen LogP contribution in [-0.4, -0.2) is 81.3 Å². The van der Waals surface area contributed by atoms with Crippen LogP contribution in [0.3, 0.4) is 0 Å². The first-order valence-electron chi connectivity index (χ1n) is 16.2. The maximum Gasteiger partial charge on any atom is 0.407 e. The third-order valence-corrected chi connectivity index (χ3v) is 8.25. The summed E-state index contributed by atoms with van der Waals surface area (Å²) in [7, 11) is 3.24. The number of ether oxygens (including phenoxy) is 5. The molecule has 3 aromatic rings. The van der Waals surface area contributed by atoms with E-state index in [1.807, 2.05) is 86.6 Å². The lowest BCUT2D eigenvalue weighted by molar-refractivity contribution is -0.119. The number of nitrogens with zero attached hydrogens (tertiary/aromatic N) is 2. The minimum atomic E-state index is -0.947. The topological polar surface area (TPSA) is 107 Å². The van der Waals surface area contributed by atoms with Gasteiger partial charge in [0.1, 0.15) is 11.5 Å². The summed E-state index contributed by atoms with van der Waals surface area (Å²) in [5.74, 6) is 1.60. The number of methoxy groups -OCH3 is 2. The molecular weight excluding hydrogens is 600 g/mol. The zero-order chi connectivity index (χ0) is 33.6. The quantitative estimate of drug-likeness (QED) is 0.165. The minimum absolute atomic E-state index is 0.00535. The molecule has 1 N–H and O–H groups in total. The monoisotopic (exact) mass is 648 g/mol. The van der Waals surface area contributed by atoms with Crippen LogP contribution in [0.2, 0.25) is 0 Å². The number of amides is 2. The Bertz CT molecular complexity index is 1410. The summed E-state index contributed by atoms with van der Waals surface area (Å²) < 4.78 is 28.7. The van der Waals surface area contributed by atoms with Crippen LogP contribution in [0.25, 0.3) is 0 Å². The molecule has 47 heavy (non-hydrogen) atoms. The molecule has 1 aliphatic heterocycles. The van der Waals surface area contributed by atoms with E-state index in [0.29, 0.717) is 52.4 Å². The second-order valence-corrected chi connectivity index (χ2v) is 11.9. The number of piperidine rings is 1. The van der Waals surface area contributed by atoms with E-state index < -0.39 is 6.09 Å². The van der Waals surface area contributed by atoms with Gasteiger partial charge in [0.2, 0.25) is 5.91 Å². The van der Waals surface area contributed by atoms with E-state index in [4.69, 9.17) is 23.7 Å². The standard InChI is InChI=1S/C37H48N2O8/c1-27(2)39(36(40)18-22-43-3)31-11-7-9-28(23-31)25-47-35-24-38(37(41)42)19-17-33(35)29-13-15-32(16-14-29)46-21-8-20-45-26-30-10-5-6-12-34(30)44-4/h5-7,9-16,23,27,33,35H,8,17-22,24-26H2,1-4H3,(H,41,42). The predicted octanol–water partition coefficient (Wildman–Crippen LogP) is 6.51. The largest absolute Gasteiger partial charge is 0.496 e. The fourth-order valence-corrected chi connectivity index (χ4v) is 5.85. The van der Waals surface area contributed by atoms with E-state index in [9.17, 15) is 14.7 Å². The Labute approximate surface area is 278 Å². The first-order chi connectivity index (χ1) is 22.8. The number of rotatable bonds is 17. The number of para-hydroxylation sites is 1. The molecule has 0 aliphatic carbocycles. The van der Waals surface area contributed by atoms with Crippen molar-refractivity contribution in [1.29, 1.82) is 0 Å². The normalized spacial score (nSPS) is 16.2. The van der Waals surface area contributed by atoms with Gasteiger partial charge >= 0.3 is 6.09 Å². The number of hydrogen-bond donors (Lipinski definition) is 1. The molecule has 0 aromatic heterocycles. The summed E-state index contributed by atoms with van der Waals surface area (Å²) in [6, 6.07) is 23.5. The average molecular weight is 649 g/mol. The SMILES string of the molecule is COCCC(=O)N(c1cccc(COC2CN(C(=O)O)CCC2c2ccc(OCCCOCc3ccccc3OC)cc2)c1)C(C)C. The number of carboxylic acid groups (broad SMARTS) is 1. The Hall–Kier alpha value is -4.12. The van der Waals surface area contributed by atoms with Crippen LogP contribution >= 0.6 is 0 Å². The molecule has 0 radical (unpaired) electrons. The van der Waals surface area contributed by atoms with E-state index >= 15 is 0 Å². The second-order valence-electron chi connectivity index (χ2n) is 11.9. The lowest BCUT2D eigenvalue weighted by Gasteiger charge is -2.37. The van der Waals surface area contributed by atoms with Gasteiger partial charge in [-0.25, -0.2) is 4.79 Å². The molecule has 0 saturated carbocycles. The molecule has 10 nitrogen and oxygen atoms in total. The minimum Gasteiger partial charge on any atom is -0.496 e. The van der Waals surface area contributed by atoms with Crippen molar-refractivity contribution >= 4 is 17.7 Å². The van der Waals surface area contributed by atoms with Crippen LogP contribution in [0.4, 0.5) is 10.5 Å². The molecule has 254 valence electrons. The highest BCUT2D eigenvalue weighted by atomic mass is 16.5. The summed E-state index contributed by atoms with van der Waals surface area (Å²) in [5.41, 5.74) is 3.80. The van der Waals surface area contributed by atoms with Gasteiger partial charge in [0.25, 0.3) is 0 Å². The van der Waals surface area contributed by atoms with E-state index in [-0.39, 0.29) is 30.5 Å². The summed E-state index contributed by atoms with van der Waals surface area (Å²) in [6.07, 6.45) is 0.415. The highest BCUT2D eigenvalue weighted by molar-refractivity contribution is 5.94. The van der Waals surface area contributed by atoms with E-state index in [1.54, 1.807) is 19.1 Å². The highest BCUT2D eigenvalue weighted by Crippen LogP contribution is 2.33. The van der Waals surface area contributed by atoms with Gasteiger partial charge in [0.05, 0.1) is 59.2 Å². The molecule has 1 heterocycles. The predicted molar refractivity (Wildman–Crippen MR) is 180 cm³/mol. The van der Waals surface area contributed by atoms with Crippen LogP contribution in [-0.2, 0) is 32.2 Å². The Morgan fingerprint density at radius 2 is 1.74 bits per heavy atom. The number of carbonyl (C=O) groups is 2. The maximum atomic E-state index is 12.9. The molecule has 1 fully saturated rings. The van der Waals surface area contributed by atoms with Crippen molar-refractivity contribution in [1.82, 2.24) is 4.90 Å². The van der Waals surface area contributed by atoms with Crippen molar-refractivity contribution in [2.24, 2.45) is 0 Å². The van der Waals surface area contributed by atoms with Crippen LogP contribution in [0.5, 0.6) is 11.5 Å². The lowest BCUT2D eigenvalue weighted by Crippen LogP contribution is -2.46. The molecule has 1 saturated heterocycles. The Balaban J connectivity index is 1.33. The molecule has 4 rings (SSSR count). The molecule has 2 amide bonds. The molecular formula is C37H48N2O8. The molecule has 0 spiro atoms. The van der Waals surface area contributed by atoms with Crippen LogP contribution in [0, 0.1) is 0 Å². The molecule has 0 bridgehead atoms. The summed E-state index contributed by atoms with van der Waals surface area (Å²) in [5, 5.41) is 9.71. The van der Waals surface area contributed by atoms with E-state index in [0.717, 1.165) is 40.3 Å². The van der Waals surface area contributed by atoms with Gasteiger partial charge in [-0.1, -0.05) is 42.5 Å². The molecule has 2 unspecified atom stereocenters. The lowest BCUT2D eigenvalue weighted by atomic mass is 9.87. The van der Waals surface area contributed by atoms with Crippen molar-refractivity contribution in [2.45, 2.75) is 64.4 Å². The van der Waals surface area contributed by atoms with Gasteiger partial charge in [-0.2, -0.15) is 0 Å². The van der Waals surface area contributed by atoms with Crippen molar-refractivity contribution in [3.8, 4) is 11.5 Å². The van der Waals surface area contributed by atoms with Crippen molar-refractivity contribution < 1.29 is 38.4 Å². The first kappa shape index (κ1) is 35.7. The van der Waals surface area contributed by atoms with Crippen molar-refractivity contribution in [2.75, 3.05) is 52.0 Å². The number of likely N-dealkylation sites (tertiary alicyclic amines) is 1. The highest BCUT2D eigenvalue weighted by Gasteiger charge is 2.33. The number of benzene rings is 3. The van der Waals surface area contributed by atoms with Gasteiger partial charge in [-0.15, -0.1) is 0 Å². The van der Waals surface area contributed by atoms with E-state index in [2.05, 4.69) is 0 Å². The number of hydrogen-bond acceptors (Lipinski definition) is 7. The van der Waals surface area contributed by atoms with E-state index in [1.165, 1.54) is 4.90 Å². The van der Waals surface area contributed by atoms with Gasteiger partial charge in [-0.3, -0.25) is 4.79 Å². The fourth-order valence-electron chi connectivity index (χ4n) is 5.85. The van der Waals surface area contributed by atoms with Gasteiger partial charge in [-0.05, 0) is 61.7 Å². The zero-order valence-corrected chi connectivity index (χ0v) is 27.9. The van der Waals surface area contributed by atoms with Crippen LogP contribution in [0.15, 0.2) is 72.8 Å². The maximum absolute atomic E-state index is 12.9. The Kier molecular flexibility index (Phi) is 13.9. The zero-order valence-electron chi connectivity index (χ0n) is 27.9. The third kappa shape index (κ3) is 10.4. The number of carbonyl (C=O) groups excluding carboxylic acids is 1. The molecule has 2 atom stereocenters. The van der Waals surface area contributed by atoms with Crippen LogP contribution in [0.1, 0.15) is 55.7 Å². The Morgan fingerprint density at radius 3 is 2.47 bits per heavy atom. The van der Waals surface area contributed by atoms with Crippen LogP contribution < -0.4 is 14.4 Å². The smallest absolute Gasteiger partial charge is 0.407 e. The van der Waals surface area contributed by atoms with Gasteiger partial charge in [0, 0.05) is 43.3 Å². The Morgan fingerprint density at radius 1 is 0.957 bits per heavy atom. The fraction of sp³-hybridized carbons (Fsp3) is 0.459. The third-order valence-electron chi connectivity index (χ3n) is 8.25.